The van der Waals surface area contributed by atoms with Crippen LogP contribution in [0.1, 0.15) is 5.56 Å². The van der Waals surface area contributed by atoms with Crippen molar-refractivity contribution in [2.75, 3.05) is 0 Å². The molecule has 4 rings (SSSR count). The van der Waals surface area contributed by atoms with Crippen LogP contribution >= 0.6 is 0 Å². The van der Waals surface area contributed by atoms with Crippen LogP contribution in [0, 0.1) is 6.92 Å². The van der Waals surface area contributed by atoms with E-state index in [1.165, 1.54) is 5.56 Å². The number of imidazole rings is 1. The first-order valence-corrected chi connectivity index (χ1v) is 6.46. The Morgan fingerprint density at radius 3 is 2.95 bits per heavy atom. The molecule has 4 heteroatoms. The lowest BCUT2D eigenvalue weighted by atomic mass is 10.1. The monoisotopic (exact) mass is 260 g/mol. The van der Waals surface area contributed by atoms with Crippen LogP contribution in [-0.2, 0) is 0 Å². The first-order valence-electron chi connectivity index (χ1n) is 6.46. The molecule has 0 unspecified atom stereocenters. The maximum atomic E-state index is 4.59. The maximum Gasteiger partial charge on any atom is 0.155 e. The van der Waals surface area contributed by atoms with Gasteiger partial charge in [0.25, 0.3) is 0 Å². The van der Waals surface area contributed by atoms with E-state index in [9.17, 15) is 0 Å². The molecule has 0 saturated carbocycles. The van der Waals surface area contributed by atoms with E-state index in [-0.39, 0.29) is 0 Å². The molecule has 0 aliphatic heterocycles. The standard InChI is InChI=1S/C16H12N4/c1-11-3-2-4-12-7-13(8-19-16(11)12)14-9-18-15-10-17-5-6-20(14)15/h2-10H,1H3. The van der Waals surface area contributed by atoms with E-state index in [0.717, 1.165) is 27.8 Å². The second-order valence-corrected chi connectivity index (χ2v) is 4.82. The number of aryl methyl sites for hydroxylation is 1. The van der Waals surface area contributed by atoms with Gasteiger partial charge in [-0.2, -0.15) is 0 Å². The minimum Gasteiger partial charge on any atom is -0.297 e. The highest BCUT2D eigenvalue weighted by Crippen LogP contribution is 2.24. The van der Waals surface area contributed by atoms with Crippen molar-refractivity contribution in [3.05, 3.63) is 60.8 Å². The molecule has 0 fully saturated rings. The summed E-state index contributed by atoms with van der Waals surface area (Å²) in [6, 6.07) is 8.37. The fourth-order valence-electron chi connectivity index (χ4n) is 2.51. The molecule has 1 aromatic carbocycles. The van der Waals surface area contributed by atoms with E-state index in [0.29, 0.717) is 0 Å². The predicted molar refractivity (Wildman–Crippen MR) is 78.5 cm³/mol. The van der Waals surface area contributed by atoms with Crippen molar-refractivity contribution in [3.8, 4) is 11.3 Å². The molecular formula is C16H12N4. The first kappa shape index (κ1) is 11.1. The third-order valence-corrected chi connectivity index (χ3v) is 3.53. The average molecular weight is 260 g/mol. The molecule has 0 aliphatic carbocycles. The SMILES string of the molecule is Cc1cccc2cc(-c3cnc4cnccn34)cnc12. The molecule has 3 heterocycles. The summed E-state index contributed by atoms with van der Waals surface area (Å²) >= 11 is 0. The molecule has 0 saturated heterocycles. The topological polar surface area (TPSA) is 43.1 Å². The maximum absolute atomic E-state index is 4.59. The van der Waals surface area contributed by atoms with Gasteiger partial charge < -0.3 is 0 Å². The largest absolute Gasteiger partial charge is 0.297 e. The van der Waals surface area contributed by atoms with Crippen LogP contribution in [0.5, 0.6) is 0 Å². The number of pyridine rings is 1. The number of hydrogen-bond donors (Lipinski definition) is 0. The minimum absolute atomic E-state index is 0.840. The second-order valence-electron chi connectivity index (χ2n) is 4.82. The molecule has 20 heavy (non-hydrogen) atoms. The Morgan fingerprint density at radius 2 is 2.00 bits per heavy atom. The molecule has 4 nitrogen and oxygen atoms in total. The van der Waals surface area contributed by atoms with Gasteiger partial charge in [0, 0.05) is 29.5 Å². The lowest BCUT2D eigenvalue weighted by molar-refractivity contribution is 1.13. The van der Waals surface area contributed by atoms with Crippen molar-refractivity contribution in [3.63, 3.8) is 0 Å². The van der Waals surface area contributed by atoms with Crippen molar-refractivity contribution >= 4 is 16.6 Å². The molecule has 0 amide bonds. The van der Waals surface area contributed by atoms with Gasteiger partial charge in [-0.05, 0) is 18.6 Å². The molecule has 0 atom stereocenters. The van der Waals surface area contributed by atoms with Crippen LogP contribution in [0.15, 0.2) is 55.2 Å². The zero-order chi connectivity index (χ0) is 13.5. The predicted octanol–water partition coefficient (Wildman–Crippen LogP) is 3.25. The number of para-hydroxylation sites is 1. The number of fused-ring (bicyclic) bond motifs is 2. The zero-order valence-electron chi connectivity index (χ0n) is 11.0. The fraction of sp³-hybridized carbons (Fsp3) is 0.0625. The van der Waals surface area contributed by atoms with Gasteiger partial charge in [0.2, 0.25) is 0 Å². The van der Waals surface area contributed by atoms with Crippen molar-refractivity contribution in [1.82, 2.24) is 19.4 Å². The van der Waals surface area contributed by atoms with Crippen LogP contribution < -0.4 is 0 Å². The quantitative estimate of drug-likeness (QED) is 0.527. The Morgan fingerprint density at radius 1 is 1.05 bits per heavy atom. The molecule has 4 aromatic rings. The highest BCUT2D eigenvalue weighted by molar-refractivity contribution is 5.85. The summed E-state index contributed by atoms with van der Waals surface area (Å²) in [6.07, 6.45) is 9.19. The average Bonchev–Trinajstić information content (AvgIpc) is 2.91. The fourth-order valence-corrected chi connectivity index (χ4v) is 2.51. The van der Waals surface area contributed by atoms with Gasteiger partial charge in [-0.1, -0.05) is 18.2 Å². The van der Waals surface area contributed by atoms with E-state index < -0.39 is 0 Å². The molecule has 96 valence electrons. The smallest absolute Gasteiger partial charge is 0.155 e. The Labute approximate surface area is 115 Å². The molecule has 0 bridgehead atoms. The van der Waals surface area contributed by atoms with Crippen molar-refractivity contribution < 1.29 is 0 Å². The summed E-state index contributed by atoms with van der Waals surface area (Å²) in [5.74, 6) is 0. The summed E-state index contributed by atoms with van der Waals surface area (Å²) in [7, 11) is 0. The van der Waals surface area contributed by atoms with Crippen LogP contribution in [0.4, 0.5) is 0 Å². The van der Waals surface area contributed by atoms with E-state index >= 15 is 0 Å². The van der Waals surface area contributed by atoms with Crippen LogP contribution in [0.25, 0.3) is 27.8 Å². The summed E-state index contributed by atoms with van der Waals surface area (Å²) in [5, 5.41) is 1.14. The van der Waals surface area contributed by atoms with Crippen molar-refractivity contribution in [2.24, 2.45) is 0 Å². The molecule has 0 aliphatic rings. The Kier molecular flexibility index (Phi) is 2.29. The number of rotatable bonds is 1. The van der Waals surface area contributed by atoms with Gasteiger partial charge in [0.15, 0.2) is 5.65 Å². The van der Waals surface area contributed by atoms with Crippen LogP contribution in [0.2, 0.25) is 0 Å². The third-order valence-electron chi connectivity index (χ3n) is 3.53. The summed E-state index contributed by atoms with van der Waals surface area (Å²) in [6.45, 7) is 2.08. The zero-order valence-corrected chi connectivity index (χ0v) is 11.0. The molecule has 0 N–H and O–H groups in total. The lowest BCUT2D eigenvalue weighted by Gasteiger charge is -2.05. The van der Waals surface area contributed by atoms with E-state index in [2.05, 4.69) is 46.1 Å². The van der Waals surface area contributed by atoms with Gasteiger partial charge >= 0.3 is 0 Å². The lowest BCUT2D eigenvalue weighted by Crippen LogP contribution is -1.90. The van der Waals surface area contributed by atoms with E-state index in [1.807, 2.05) is 23.0 Å². The summed E-state index contributed by atoms with van der Waals surface area (Å²) < 4.78 is 2.02. The summed E-state index contributed by atoms with van der Waals surface area (Å²) in [5.41, 5.74) is 5.16. The van der Waals surface area contributed by atoms with Gasteiger partial charge in [0.1, 0.15) is 0 Å². The van der Waals surface area contributed by atoms with Crippen LogP contribution in [0.3, 0.4) is 0 Å². The van der Waals surface area contributed by atoms with Gasteiger partial charge in [-0.25, -0.2) is 4.98 Å². The number of hydrogen-bond acceptors (Lipinski definition) is 3. The normalized spacial score (nSPS) is 11.2. The molecule has 0 spiro atoms. The Hall–Kier alpha value is -2.75. The summed E-state index contributed by atoms with van der Waals surface area (Å²) in [4.78, 5) is 13.0. The third kappa shape index (κ3) is 1.58. The van der Waals surface area contributed by atoms with E-state index in [4.69, 9.17) is 0 Å². The van der Waals surface area contributed by atoms with Crippen molar-refractivity contribution in [2.45, 2.75) is 6.92 Å². The minimum atomic E-state index is 0.840. The molecule has 0 radical (unpaired) electrons. The highest BCUT2D eigenvalue weighted by Gasteiger charge is 2.07. The van der Waals surface area contributed by atoms with Gasteiger partial charge in [0.05, 0.1) is 23.6 Å². The van der Waals surface area contributed by atoms with Crippen LogP contribution in [-0.4, -0.2) is 19.4 Å². The first-order chi connectivity index (χ1) is 9.83. The van der Waals surface area contributed by atoms with Gasteiger partial charge in [-0.3, -0.25) is 14.4 Å². The molecular weight excluding hydrogens is 248 g/mol. The van der Waals surface area contributed by atoms with E-state index in [1.54, 1.807) is 12.4 Å². The highest BCUT2D eigenvalue weighted by atomic mass is 15.0. The Balaban J connectivity index is 1.98. The number of nitrogens with zero attached hydrogens (tertiary/aromatic N) is 4. The number of benzene rings is 1. The number of aromatic nitrogens is 4. The molecule has 3 aromatic heterocycles. The van der Waals surface area contributed by atoms with Crippen molar-refractivity contribution in [1.29, 1.82) is 0 Å². The Bertz CT molecular complexity index is 924. The van der Waals surface area contributed by atoms with Gasteiger partial charge in [-0.15, -0.1) is 0 Å². The second kappa shape index (κ2) is 4.13.